The molecule has 0 bridgehead atoms. The maximum absolute atomic E-state index is 6.73. The van der Waals surface area contributed by atoms with Gasteiger partial charge in [0.15, 0.2) is 8.32 Å². The highest BCUT2D eigenvalue weighted by Crippen LogP contribution is 2.63. The Morgan fingerprint density at radius 2 is 1.42 bits per heavy atom. The highest BCUT2D eigenvalue weighted by atomic mass is 28.4. The van der Waals surface area contributed by atoms with Crippen LogP contribution >= 0.6 is 0 Å². The van der Waals surface area contributed by atoms with Gasteiger partial charge in [-0.15, -0.1) is 0 Å². The summed E-state index contributed by atoms with van der Waals surface area (Å²) in [5.41, 5.74) is 1.70. The second kappa shape index (κ2) is 6.11. The van der Waals surface area contributed by atoms with Crippen LogP contribution in [0, 0.1) is 0 Å². The van der Waals surface area contributed by atoms with Crippen molar-refractivity contribution in [3.05, 3.63) is 29.3 Å². The minimum absolute atomic E-state index is 0.00349. The minimum Gasteiger partial charge on any atom is -0.496 e. The molecule has 1 aromatic rings. The Morgan fingerprint density at radius 1 is 0.875 bits per heavy atom. The Labute approximate surface area is 146 Å². The molecule has 0 saturated carbocycles. The number of fused-ring (bicyclic) bond motifs is 1. The highest BCUT2D eigenvalue weighted by molar-refractivity contribution is 6.74. The van der Waals surface area contributed by atoms with Gasteiger partial charge in [0, 0.05) is 26.9 Å². The van der Waals surface area contributed by atoms with Crippen molar-refractivity contribution in [3.63, 3.8) is 0 Å². The Morgan fingerprint density at radius 3 is 1.83 bits per heavy atom. The van der Waals surface area contributed by atoms with Gasteiger partial charge in [-0.05, 0) is 24.2 Å². The van der Waals surface area contributed by atoms with Gasteiger partial charge in [0.2, 0.25) is 0 Å². The first-order valence-electron chi connectivity index (χ1n) is 8.10. The molecule has 0 saturated heterocycles. The van der Waals surface area contributed by atoms with E-state index in [4.69, 9.17) is 23.4 Å². The normalized spacial score (nSPS) is 22.7. The standard InChI is InChI=1S/C18H30O5Si/c1-16(2,3)24(8,9)23-18(22-7)15-13(17(18,20-5)21-6)11-10-12-14(15)19-4/h10-12H,1-9H3. The molecule has 5 nitrogen and oxygen atoms in total. The quantitative estimate of drug-likeness (QED) is 0.571. The van der Waals surface area contributed by atoms with Crippen LogP contribution in [-0.2, 0) is 30.2 Å². The fourth-order valence-corrected chi connectivity index (χ4v) is 4.42. The third-order valence-electron chi connectivity index (χ3n) is 5.43. The smallest absolute Gasteiger partial charge is 0.255 e. The lowest BCUT2D eigenvalue weighted by Crippen LogP contribution is -2.67. The lowest BCUT2D eigenvalue weighted by atomic mass is 9.74. The van der Waals surface area contributed by atoms with Crippen LogP contribution in [0.15, 0.2) is 18.2 Å². The van der Waals surface area contributed by atoms with Crippen LogP contribution in [0.4, 0.5) is 0 Å². The van der Waals surface area contributed by atoms with E-state index in [1.165, 1.54) is 0 Å². The fourth-order valence-electron chi connectivity index (χ4n) is 3.08. The molecule has 1 atom stereocenters. The first kappa shape index (κ1) is 19.4. The summed E-state index contributed by atoms with van der Waals surface area (Å²) < 4.78 is 29.9. The number of benzene rings is 1. The number of hydrogen-bond acceptors (Lipinski definition) is 5. The molecule has 0 amide bonds. The van der Waals surface area contributed by atoms with E-state index in [-0.39, 0.29) is 5.04 Å². The van der Waals surface area contributed by atoms with Gasteiger partial charge in [-0.25, -0.2) is 0 Å². The Hall–Kier alpha value is -0.923. The Bertz CT molecular complexity index is 604. The van der Waals surface area contributed by atoms with E-state index < -0.39 is 19.9 Å². The molecule has 0 heterocycles. The monoisotopic (exact) mass is 354 g/mol. The van der Waals surface area contributed by atoms with Crippen LogP contribution in [-0.4, -0.2) is 36.8 Å². The van der Waals surface area contributed by atoms with Gasteiger partial charge < -0.3 is 23.4 Å². The zero-order chi connectivity index (χ0) is 18.4. The summed E-state index contributed by atoms with van der Waals surface area (Å²) >= 11 is 0. The molecule has 1 aliphatic rings. The Balaban J connectivity index is 2.69. The zero-order valence-corrected chi connectivity index (χ0v) is 17.3. The van der Waals surface area contributed by atoms with Crippen LogP contribution in [0.5, 0.6) is 5.75 Å². The van der Waals surface area contributed by atoms with E-state index in [2.05, 4.69) is 33.9 Å². The van der Waals surface area contributed by atoms with Gasteiger partial charge in [0.05, 0.1) is 12.7 Å². The minimum atomic E-state index is -2.20. The first-order chi connectivity index (χ1) is 11.1. The van der Waals surface area contributed by atoms with Gasteiger partial charge in [-0.1, -0.05) is 32.9 Å². The fraction of sp³-hybridized carbons (Fsp3) is 0.667. The van der Waals surface area contributed by atoms with E-state index in [1.54, 1.807) is 28.4 Å². The molecule has 0 aromatic heterocycles. The van der Waals surface area contributed by atoms with Crippen LogP contribution in [0.1, 0.15) is 31.9 Å². The Kier molecular flexibility index (Phi) is 4.94. The van der Waals surface area contributed by atoms with Crippen molar-refractivity contribution in [2.24, 2.45) is 0 Å². The van der Waals surface area contributed by atoms with Gasteiger partial charge >= 0.3 is 0 Å². The van der Waals surface area contributed by atoms with Crippen LogP contribution in [0.3, 0.4) is 0 Å². The first-order valence-corrected chi connectivity index (χ1v) is 11.0. The number of hydrogen-bond donors (Lipinski definition) is 0. The molecule has 2 rings (SSSR count). The molecule has 1 aromatic carbocycles. The molecular weight excluding hydrogens is 324 g/mol. The molecule has 0 radical (unpaired) electrons. The molecule has 136 valence electrons. The van der Waals surface area contributed by atoms with Crippen molar-refractivity contribution in [1.29, 1.82) is 0 Å². The molecule has 1 unspecified atom stereocenters. The highest BCUT2D eigenvalue weighted by Gasteiger charge is 2.71. The lowest BCUT2D eigenvalue weighted by Gasteiger charge is -2.59. The van der Waals surface area contributed by atoms with Crippen LogP contribution in [0.2, 0.25) is 18.1 Å². The topological polar surface area (TPSA) is 46.2 Å². The van der Waals surface area contributed by atoms with E-state index in [9.17, 15) is 0 Å². The van der Waals surface area contributed by atoms with Gasteiger partial charge in [0.25, 0.3) is 11.6 Å². The predicted octanol–water partition coefficient (Wildman–Crippen LogP) is 3.98. The lowest BCUT2D eigenvalue weighted by molar-refractivity contribution is -0.415. The van der Waals surface area contributed by atoms with Crippen molar-refractivity contribution < 1.29 is 23.4 Å². The van der Waals surface area contributed by atoms with Crippen molar-refractivity contribution in [1.82, 2.24) is 0 Å². The van der Waals surface area contributed by atoms with Gasteiger partial charge in [-0.3, -0.25) is 0 Å². The third-order valence-corrected chi connectivity index (χ3v) is 9.84. The average Bonchev–Trinajstić information content (AvgIpc) is 2.52. The number of rotatable bonds is 6. The summed E-state index contributed by atoms with van der Waals surface area (Å²) in [6.07, 6.45) is 0. The third kappa shape index (κ3) is 2.35. The van der Waals surface area contributed by atoms with Gasteiger partial charge in [-0.2, -0.15) is 0 Å². The van der Waals surface area contributed by atoms with Crippen molar-refractivity contribution in [3.8, 4) is 5.75 Å². The molecule has 1 aliphatic carbocycles. The maximum Gasteiger partial charge on any atom is 0.255 e. The zero-order valence-electron chi connectivity index (χ0n) is 16.3. The number of methoxy groups -OCH3 is 4. The van der Waals surface area contributed by atoms with Crippen molar-refractivity contribution in [2.45, 2.75) is 50.5 Å². The van der Waals surface area contributed by atoms with Crippen molar-refractivity contribution in [2.75, 3.05) is 28.4 Å². The van der Waals surface area contributed by atoms with E-state index in [0.29, 0.717) is 5.75 Å². The summed E-state index contributed by atoms with van der Waals surface area (Å²) in [7, 11) is 4.28. The van der Waals surface area contributed by atoms with Crippen LogP contribution < -0.4 is 4.74 Å². The van der Waals surface area contributed by atoms with Crippen LogP contribution in [0.25, 0.3) is 0 Å². The van der Waals surface area contributed by atoms with E-state index >= 15 is 0 Å². The molecular formula is C18H30O5Si. The summed E-state index contributed by atoms with van der Waals surface area (Å²) in [6.45, 7) is 10.9. The maximum atomic E-state index is 6.73. The SMILES string of the molecule is COc1cccc2c1C(OC)(O[Si](C)(C)C(C)(C)C)C2(OC)OC. The van der Waals surface area contributed by atoms with Gasteiger partial charge in [0.1, 0.15) is 5.75 Å². The summed E-state index contributed by atoms with van der Waals surface area (Å²) in [5.74, 6) is -1.58. The second-order valence-electron chi connectivity index (χ2n) is 7.59. The summed E-state index contributed by atoms with van der Waals surface area (Å²) in [4.78, 5) is 0. The molecule has 6 heteroatoms. The number of ether oxygens (including phenoxy) is 4. The van der Waals surface area contributed by atoms with E-state index in [0.717, 1.165) is 11.1 Å². The molecule has 24 heavy (non-hydrogen) atoms. The largest absolute Gasteiger partial charge is 0.496 e. The van der Waals surface area contributed by atoms with Crippen molar-refractivity contribution >= 4 is 8.32 Å². The molecule has 0 aliphatic heterocycles. The predicted molar refractivity (Wildman–Crippen MR) is 95.7 cm³/mol. The molecule has 0 fully saturated rings. The second-order valence-corrected chi connectivity index (χ2v) is 12.3. The average molecular weight is 355 g/mol. The summed E-state index contributed by atoms with van der Waals surface area (Å²) in [6, 6.07) is 5.77. The summed E-state index contributed by atoms with van der Waals surface area (Å²) in [5, 5.41) is 0.00349. The van der Waals surface area contributed by atoms with E-state index in [1.807, 2.05) is 18.2 Å². The molecule has 0 N–H and O–H groups in total. The molecule has 0 spiro atoms.